The van der Waals surface area contributed by atoms with Crippen LogP contribution in [0.2, 0.25) is 0 Å². The number of nitrogens with zero attached hydrogens (tertiary/aromatic N) is 2. The van der Waals surface area contributed by atoms with E-state index in [4.69, 9.17) is 4.74 Å². The second kappa shape index (κ2) is 7.18. The van der Waals surface area contributed by atoms with Gasteiger partial charge in [0.05, 0.1) is 12.6 Å². The van der Waals surface area contributed by atoms with Crippen molar-refractivity contribution in [3.05, 3.63) is 95.3 Å². The summed E-state index contributed by atoms with van der Waals surface area (Å²) in [6, 6.07) is 22.1. The fourth-order valence-corrected chi connectivity index (χ4v) is 3.71. The minimum absolute atomic E-state index is 0.0595. The molecule has 132 valence electrons. The zero-order valence-corrected chi connectivity index (χ0v) is 14.8. The predicted octanol–water partition coefficient (Wildman–Crippen LogP) is 3.88. The topological polar surface area (TPSA) is 34.5 Å². The molecule has 1 aliphatic rings. The van der Waals surface area contributed by atoms with E-state index in [-0.39, 0.29) is 11.9 Å². The molecule has 0 spiro atoms. The summed E-state index contributed by atoms with van der Waals surface area (Å²) >= 11 is 0. The SMILES string of the molecule is COCc1cccc(C(=O)N2CCn3cccc3C2c2ccccc2)c1. The number of benzene rings is 2. The van der Waals surface area contributed by atoms with Crippen LogP contribution in [0.4, 0.5) is 0 Å². The van der Waals surface area contributed by atoms with Crippen molar-refractivity contribution in [3.8, 4) is 0 Å². The number of carbonyl (C=O) groups is 1. The maximum atomic E-state index is 13.3. The summed E-state index contributed by atoms with van der Waals surface area (Å²) in [5.74, 6) is 0.0595. The quantitative estimate of drug-likeness (QED) is 0.718. The fraction of sp³-hybridized carbons (Fsp3) is 0.227. The van der Waals surface area contributed by atoms with Crippen molar-refractivity contribution in [1.82, 2.24) is 9.47 Å². The largest absolute Gasteiger partial charge is 0.380 e. The average Bonchev–Trinajstić information content (AvgIpc) is 3.16. The first-order valence-corrected chi connectivity index (χ1v) is 8.87. The molecule has 4 rings (SSSR count). The van der Waals surface area contributed by atoms with Gasteiger partial charge in [0.2, 0.25) is 0 Å². The van der Waals surface area contributed by atoms with Crippen molar-refractivity contribution >= 4 is 5.91 Å². The number of aromatic nitrogens is 1. The third-order valence-electron chi connectivity index (χ3n) is 4.90. The van der Waals surface area contributed by atoms with Crippen LogP contribution >= 0.6 is 0 Å². The van der Waals surface area contributed by atoms with E-state index in [9.17, 15) is 4.79 Å². The van der Waals surface area contributed by atoms with Gasteiger partial charge < -0.3 is 14.2 Å². The average molecular weight is 346 g/mol. The van der Waals surface area contributed by atoms with Crippen molar-refractivity contribution < 1.29 is 9.53 Å². The van der Waals surface area contributed by atoms with Gasteiger partial charge in [-0.3, -0.25) is 4.79 Å². The zero-order chi connectivity index (χ0) is 17.9. The van der Waals surface area contributed by atoms with Crippen LogP contribution < -0.4 is 0 Å². The lowest BCUT2D eigenvalue weighted by Crippen LogP contribution is -2.42. The van der Waals surface area contributed by atoms with E-state index in [1.807, 2.05) is 47.4 Å². The highest BCUT2D eigenvalue weighted by Crippen LogP contribution is 2.33. The Morgan fingerprint density at radius 2 is 1.88 bits per heavy atom. The molecular weight excluding hydrogens is 324 g/mol. The maximum absolute atomic E-state index is 13.3. The van der Waals surface area contributed by atoms with Gasteiger partial charge in [0, 0.05) is 37.7 Å². The molecule has 4 heteroatoms. The molecule has 0 radical (unpaired) electrons. The molecule has 1 unspecified atom stereocenters. The molecule has 26 heavy (non-hydrogen) atoms. The van der Waals surface area contributed by atoms with Crippen molar-refractivity contribution in [1.29, 1.82) is 0 Å². The van der Waals surface area contributed by atoms with Crippen LogP contribution in [0.3, 0.4) is 0 Å². The van der Waals surface area contributed by atoms with E-state index in [0.717, 1.165) is 23.4 Å². The molecule has 1 aromatic heterocycles. The summed E-state index contributed by atoms with van der Waals surface area (Å²) in [5.41, 5.74) is 4.01. The summed E-state index contributed by atoms with van der Waals surface area (Å²) in [7, 11) is 1.67. The summed E-state index contributed by atoms with van der Waals surface area (Å²) < 4.78 is 7.45. The molecule has 1 amide bonds. The first-order chi connectivity index (χ1) is 12.8. The van der Waals surface area contributed by atoms with E-state index < -0.39 is 0 Å². The third-order valence-corrected chi connectivity index (χ3v) is 4.90. The van der Waals surface area contributed by atoms with Crippen molar-refractivity contribution in [2.75, 3.05) is 13.7 Å². The molecule has 0 fully saturated rings. The summed E-state index contributed by atoms with van der Waals surface area (Å²) in [6.45, 7) is 2.01. The summed E-state index contributed by atoms with van der Waals surface area (Å²) in [5, 5.41) is 0. The molecule has 0 saturated carbocycles. The van der Waals surface area contributed by atoms with Crippen LogP contribution in [-0.2, 0) is 17.9 Å². The van der Waals surface area contributed by atoms with E-state index in [0.29, 0.717) is 18.7 Å². The molecule has 0 aliphatic carbocycles. The highest BCUT2D eigenvalue weighted by molar-refractivity contribution is 5.95. The van der Waals surface area contributed by atoms with Gasteiger partial charge >= 0.3 is 0 Å². The lowest BCUT2D eigenvalue weighted by molar-refractivity contribution is 0.0663. The normalized spacial score (nSPS) is 16.3. The molecular formula is C22H22N2O2. The van der Waals surface area contributed by atoms with Gasteiger partial charge in [-0.25, -0.2) is 0 Å². The van der Waals surface area contributed by atoms with Crippen molar-refractivity contribution in [2.45, 2.75) is 19.2 Å². The van der Waals surface area contributed by atoms with Gasteiger partial charge in [-0.15, -0.1) is 0 Å². The fourth-order valence-electron chi connectivity index (χ4n) is 3.71. The third kappa shape index (κ3) is 3.04. The number of rotatable bonds is 4. The first kappa shape index (κ1) is 16.6. The monoisotopic (exact) mass is 346 g/mol. The van der Waals surface area contributed by atoms with Crippen LogP contribution in [-0.4, -0.2) is 29.0 Å². The van der Waals surface area contributed by atoms with Crippen LogP contribution in [0, 0.1) is 0 Å². The maximum Gasteiger partial charge on any atom is 0.254 e. The lowest BCUT2D eigenvalue weighted by atomic mass is 9.98. The van der Waals surface area contributed by atoms with Gasteiger partial charge in [0.1, 0.15) is 0 Å². The minimum atomic E-state index is -0.0708. The van der Waals surface area contributed by atoms with Crippen LogP contribution in [0.15, 0.2) is 72.9 Å². The molecule has 3 aromatic rings. The first-order valence-electron chi connectivity index (χ1n) is 8.87. The molecule has 2 aromatic carbocycles. The van der Waals surface area contributed by atoms with Crippen LogP contribution in [0.25, 0.3) is 0 Å². The van der Waals surface area contributed by atoms with Gasteiger partial charge in [-0.2, -0.15) is 0 Å². The van der Waals surface area contributed by atoms with E-state index >= 15 is 0 Å². The second-order valence-electron chi connectivity index (χ2n) is 6.57. The molecule has 0 bridgehead atoms. The highest BCUT2D eigenvalue weighted by Gasteiger charge is 2.32. The smallest absolute Gasteiger partial charge is 0.254 e. The van der Waals surface area contributed by atoms with Crippen LogP contribution in [0.5, 0.6) is 0 Å². The Bertz CT molecular complexity index is 901. The number of ether oxygens (including phenoxy) is 1. The number of methoxy groups -OCH3 is 1. The predicted molar refractivity (Wildman–Crippen MR) is 101 cm³/mol. The number of hydrogen-bond donors (Lipinski definition) is 0. The summed E-state index contributed by atoms with van der Waals surface area (Å²) in [6.07, 6.45) is 2.09. The van der Waals surface area contributed by atoms with Crippen molar-refractivity contribution in [3.63, 3.8) is 0 Å². The lowest BCUT2D eigenvalue weighted by Gasteiger charge is -2.37. The Balaban J connectivity index is 1.72. The van der Waals surface area contributed by atoms with Gasteiger partial charge in [-0.1, -0.05) is 42.5 Å². The Kier molecular flexibility index (Phi) is 4.59. The molecule has 0 N–H and O–H groups in total. The van der Waals surface area contributed by atoms with E-state index in [1.54, 1.807) is 7.11 Å². The molecule has 4 nitrogen and oxygen atoms in total. The number of amides is 1. The second-order valence-corrected chi connectivity index (χ2v) is 6.57. The minimum Gasteiger partial charge on any atom is -0.380 e. The zero-order valence-electron chi connectivity index (χ0n) is 14.8. The molecule has 0 saturated heterocycles. The Labute approximate surface area is 153 Å². The van der Waals surface area contributed by atoms with Gasteiger partial charge in [0.15, 0.2) is 0 Å². The standard InChI is InChI=1S/C22H22N2O2/c1-26-16-17-7-5-10-19(15-17)22(25)24-14-13-23-12-6-11-20(23)21(24)18-8-3-2-4-9-18/h2-12,15,21H,13-14,16H2,1H3. The molecule has 1 aliphatic heterocycles. The van der Waals surface area contributed by atoms with Crippen LogP contribution in [0.1, 0.15) is 33.2 Å². The van der Waals surface area contributed by atoms with E-state index in [2.05, 4.69) is 35.0 Å². The highest BCUT2D eigenvalue weighted by atomic mass is 16.5. The van der Waals surface area contributed by atoms with Gasteiger partial charge in [-0.05, 0) is 35.4 Å². The number of hydrogen-bond acceptors (Lipinski definition) is 2. The Morgan fingerprint density at radius 1 is 1.04 bits per heavy atom. The number of fused-ring (bicyclic) bond motifs is 1. The molecule has 2 heterocycles. The Morgan fingerprint density at radius 3 is 2.69 bits per heavy atom. The van der Waals surface area contributed by atoms with Gasteiger partial charge in [0.25, 0.3) is 5.91 Å². The Hall–Kier alpha value is -2.85. The summed E-state index contributed by atoms with van der Waals surface area (Å²) in [4.78, 5) is 15.3. The van der Waals surface area contributed by atoms with Crippen molar-refractivity contribution in [2.24, 2.45) is 0 Å². The van der Waals surface area contributed by atoms with E-state index in [1.165, 1.54) is 0 Å². The molecule has 1 atom stereocenters. The number of carbonyl (C=O) groups excluding carboxylic acids is 1.